The van der Waals surface area contributed by atoms with E-state index in [4.69, 9.17) is 0 Å². The van der Waals surface area contributed by atoms with Crippen molar-refractivity contribution in [3.63, 3.8) is 0 Å². The summed E-state index contributed by atoms with van der Waals surface area (Å²) in [7, 11) is 0. The zero-order valence-electron chi connectivity index (χ0n) is 19.6. The fraction of sp³-hybridized carbons (Fsp3) is 0.846. The fourth-order valence-corrected chi connectivity index (χ4v) is 4.88. The smallest absolute Gasteiger partial charge is 0.157 e. The fourth-order valence-electron chi connectivity index (χ4n) is 4.88. The van der Waals surface area contributed by atoms with Crippen LogP contribution in [0.25, 0.3) is 0 Å². The lowest BCUT2D eigenvalue weighted by atomic mass is 9.78. The van der Waals surface area contributed by atoms with Gasteiger partial charge in [0.15, 0.2) is 6.29 Å². The quantitative estimate of drug-likeness (QED) is 0.240. The number of aliphatic hydroxyl groups is 3. The first-order valence-electron chi connectivity index (χ1n) is 12.4. The van der Waals surface area contributed by atoms with Gasteiger partial charge in [0, 0.05) is 18.5 Å². The van der Waals surface area contributed by atoms with E-state index in [2.05, 4.69) is 31.8 Å². The summed E-state index contributed by atoms with van der Waals surface area (Å²) in [6.45, 7) is 11.1. The third-order valence-electron chi connectivity index (χ3n) is 7.35. The number of hydrogen-bond acceptors (Lipinski definition) is 4. The van der Waals surface area contributed by atoms with Gasteiger partial charge in [-0.25, -0.2) is 0 Å². The zero-order valence-corrected chi connectivity index (χ0v) is 19.6. The van der Waals surface area contributed by atoms with E-state index in [1.54, 1.807) is 0 Å². The van der Waals surface area contributed by atoms with Crippen molar-refractivity contribution >= 4 is 0 Å². The molecule has 4 N–H and O–H groups in total. The molecule has 0 aromatic heterocycles. The van der Waals surface area contributed by atoms with E-state index in [-0.39, 0.29) is 12.0 Å². The minimum absolute atomic E-state index is 0.0464. The van der Waals surface area contributed by atoms with Gasteiger partial charge in [-0.2, -0.15) is 0 Å². The molecule has 0 aromatic rings. The van der Waals surface area contributed by atoms with Crippen LogP contribution in [0.15, 0.2) is 24.3 Å². The van der Waals surface area contributed by atoms with Gasteiger partial charge in [0.2, 0.25) is 0 Å². The van der Waals surface area contributed by atoms with Crippen LogP contribution in [0, 0.1) is 29.6 Å². The lowest BCUT2D eigenvalue weighted by Gasteiger charge is -2.33. The Labute approximate surface area is 184 Å². The van der Waals surface area contributed by atoms with E-state index >= 15 is 0 Å². The molecule has 0 aliphatic heterocycles. The predicted molar refractivity (Wildman–Crippen MR) is 125 cm³/mol. The van der Waals surface area contributed by atoms with Crippen molar-refractivity contribution in [2.45, 2.75) is 103 Å². The van der Waals surface area contributed by atoms with Gasteiger partial charge >= 0.3 is 0 Å². The van der Waals surface area contributed by atoms with Crippen LogP contribution >= 0.6 is 0 Å². The SMILES string of the molecule is C=CC(CNC(CC1CCCCC1=CC(CCCC1CC1)C(O)O)C(C)O)C(C)C. The second-order valence-electron chi connectivity index (χ2n) is 10.3. The third-order valence-corrected chi connectivity index (χ3v) is 7.35. The molecule has 4 nitrogen and oxygen atoms in total. The lowest BCUT2D eigenvalue weighted by molar-refractivity contribution is -0.0727. The first kappa shape index (κ1) is 25.6. The minimum Gasteiger partial charge on any atom is -0.392 e. The maximum atomic E-state index is 10.4. The Hall–Kier alpha value is -0.680. The van der Waals surface area contributed by atoms with Crippen molar-refractivity contribution in [2.75, 3.05) is 6.54 Å². The molecule has 0 aromatic carbocycles. The van der Waals surface area contributed by atoms with Crippen molar-refractivity contribution in [3.8, 4) is 0 Å². The Bertz CT molecular complexity index is 524. The Balaban J connectivity index is 1.99. The molecule has 5 unspecified atom stereocenters. The van der Waals surface area contributed by atoms with Gasteiger partial charge in [0.25, 0.3) is 0 Å². The molecule has 2 aliphatic rings. The number of aliphatic hydroxyl groups excluding tert-OH is 2. The Morgan fingerprint density at radius 1 is 1.07 bits per heavy atom. The lowest BCUT2D eigenvalue weighted by Crippen LogP contribution is -2.43. The monoisotopic (exact) mass is 421 g/mol. The zero-order chi connectivity index (χ0) is 22.1. The second kappa shape index (κ2) is 13.0. The van der Waals surface area contributed by atoms with Crippen LogP contribution in [-0.2, 0) is 0 Å². The van der Waals surface area contributed by atoms with Gasteiger partial charge in [-0.3, -0.25) is 0 Å². The van der Waals surface area contributed by atoms with Crippen LogP contribution in [0.2, 0.25) is 0 Å². The van der Waals surface area contributed by atoms with Gasteiger partial charge in [-0.15, -0.1) is 6.58 Å². The number of nitrogens with one attached hydrogen (secondary N) is 1. The third kappa shape index (κ3) is 8.82. The standard InChI is InChI=1S/C26H47NO3/c1-5-21(18(2)3)17-27-25(19(4)28)16-23-11-7-6-10-22(23)15-24(26(29)30)12-8-9-20-13-14-20/h5,15,18-21,23-30H,1,6-14,16-17H2,2-4H3. The summed E-state index contributed by atoms with van der Waals surface area (Å²) in [5, 5.41) is 33.9. The van der Waals surface area contributed by atoms with E-state index in [9.17, 15) is 15.3 Å². The van der Waals surface area contributed by atoms with Gasteiger partial charge in [0.05, 0.1) is 6.10 Å². The minimum atomic E-state index is -1.27. The first-order valence-corrected chi connectivity index (χ1v) is 12.4. The van der Waals surface area contributed by atoms with Crippen LogP contribution < -0.4 is 5.32 Å². The molecule has 2 fully saturated rings. The van der Waals surface area contributed by atoms with Crippen LogP contribution in [0.5, 0.6) is 0 Å². The maximum Gasteiger partial charge on any atom is 0.157 e. The van der Waals surface area contributed by atoms with E-state index in [1.165, 1.54) is 37.7 Å². The van der Waals surface area contributed by atoms with Crippen molar-refractivity contribution in [1.29, 1.82) is 0 Å². The molecular formula is C26H47NO3. The Morgan fingerprint density at radius 3 is 2.37 bits per heavy atom. The molecule has 0 saturated heterocycles. The predicted octanol–water partition coefficient (Wildman–Crippen LogP) is 4.80. The van der Waals surface area contributed by atoms with Crippen LogP contribution in [-0.4, -0.2) is 40.3 Å². The summed E-state index contributed by atoms with van der Waals surface area (Å²) < 4.78 is 0. The molecule has 0 heterocycles. The molecular weight excluding hydrogens is 374 g/mol. The normalized spacial score (nSPS) is 25.5. The Morgan fingerprint density at radius 2 is 1.80 bits per heavy atom. The van der Waals surface area contributed by atoms with E-state index in [0.29, 0.717) is 17.8 Å². The first-order chi connectivity index (χ1) is 14.3. The molecule has 4 heteroatoms. The average Bonchev–Trinajstić information content (AvgIpc) is 3.51. The molecule has 0 radical (unpaired) electrons. The van der Waals surface area contributed by atoms with Crippen molar-refractivity contribution in [3.05, 3.63) is 24.3 Å². The number of hydrogen-bond donors (Lipinski definition) is 4. The van der Waals surface area contributed by atoms with Crippen molar-refractivity contribution < 1.29 is 15.3 Å². The molecule has 174 valence electrons. The van der Waals surface area contributed by atoms with Gasteiger partial charge in [-0.1, -0.05) is 63.7 Å². The summed E-state index contributed by atoms with van der Waals surface area (Å²) >= 11 is 0. The summed E-state index contributed by atoms with van der Waals surface area (Å²) in [4.78, 5) is 0. The molecule has 0 spiro atoms. The highest BCUT2D eigenvalue weighted by molar-refractivity contribution is 5.12. The average molecular weight is 422 g/mol. The molecule has 2 rings (SSSR count). The second-order valence-corrected chi connectivity index (χ2v) is 10.3. The van der Waals surface area contributed by atoms with Gasteiger partial charge in [-0.05, 0) is 62.7 Å². The molecule has 2 aliphatic carbocycles. The number of allylic oxidation sites excluding steroid dienone is 1. The largest absolute Gasteiger partial charge is 0.392 e. The highest BCUT2D eigenvalue weighted by Crippen LogP contribution is 2.37. The molecule has 2 saturated carbocycles. The number of rotatable bonds is 14. The van der Waals surface area contributed by atoms with E-state index < -0.39 is 12.4 Å². The molecule has 0 bridgehead atoms. The summed E-state index contributed by atoms with van der Waals surface area (Å²) in [6.07, 6.45) is 13.8. The van der Waals surface area contributed by atoms with Gasteiger partial charge in [0.1, 0.15) is 0 Å². The van der Waals surface area contributed by atoms with E-state index in [0.717, 1.165) is 44.6 Å². The maximum absolute atomic E-state index is 10.4. The van der Waals surface area contributed by atoms with Crippen LogP contribution in [0.1, 0.15) is 85.0 Å². The van der Waals surface area contributed by atoms with Gasteiger partial charge < -0.3 is 20.6 Å². The molecule has 0 amide bonds. The summed E-state index contributed by atoms with van der Waals surface area (Å²) in [5.41, 5.74) is 1.38. The topological polar surface area (TPSA) is 72.7 Å². The van der Waals surface area contributed by atoms with E-state index in [1.807, 2.05) is 13.0 Å². The molecule has 30 heavy (non-hydrogen) atoms. The highest BCUT2D eigenvalue weighted by Gasteiger charge is 2.28. The highest BCUT2D eigenvalue weighted by atomic mass is 16.5. The molecule has 5 atom stereocenters. The van der Waals surface area contributed by atoms with Crippen LogP contribution in [0.4, 0.5) is 0 Å². The summed E-state index contributed by atoms with van der Waals surface area (Å²) in [5.74, 6) is 2.06. The van der Waals surface area contributed by atoms with Crippen LogP contribution in [0.3, 0.4) is 0 Å². The Kier molecular flexibility index (Phi) is 11.1. The van der Waals surface area contributed by atoms with Crippen molar-refractivity contribution in [1.82, 2.24) is 5.32 Å². The van der Waals surface area contributed by atoms with Crippen molar-refractivity contribution in [2.24, 2.45) is 29.6 Å². The summed E-state index contributed by atoms with van der Waals surface area (Å²) in [6, 6.07) is 0.0464.